The number of rotatable bonds is 4. The third-order valence-corrected chi connectivity index (χ3v) is 5.97. The van der Waals surface area contributed by atoms with E-state index in [4.69, 9.17) is 4.74 Å². The van der Waals surface area contributed by atoms with E-state index in [9.17, 15) is 12.8 Å². The first kappa shape index (κ1) is 13.8. The molecule has 4 nitrogen and oxygen atoms in total. The lowest BCUT2D eigenvalue weighted by Gasteiger charge is -2.22. The fraction of sp³-hybridized carbons (Fsp3) is 0.571. The van der Waals surface area contributed by atoms with Crippen molar-refractivity contribution in [2.45, 2.75) is 36.6 Å². The van der Waals surface area contributed by atoms with Gasteiger partial charge in [0.15, 0.2) is 11.6 Å². The molecule has 2 bridgehead atoms. The van der Waals surface area contributed by atoms with Crippen LogP contribution in [0.3, 0.4) is 0 Å². The second-order valence-electron chi connectivity index (χ2n) is 5.70. The van der Waals surface area contributed by atoms with Crippen LogP contribution < -0.4 is 9.46 Å². The van der Waals surface area contributed by atoms with E-state index in [0.717, 1.165) is 25.3 Å². The van der Waals surface area contributed by atoms with Crippen LogP contribution in [-0.2, 0) is 10.0 Å². The molecule has 0 saturated heterocycles. The van der Waals surface area contributed by atoms with Gasteiger partial charge in [-0.1, -0.05) is 6.42 Å². The Kier molecular flexibility index (Phi) is 3.46. The van der Waals surface area contributed by atoms with Crippen molar-refractivity contribution < 1.29 is 17.5 Å². The first-order valence-electron chi connectivity index (χ1n) is 6.85. The molecule has 1 N–H and O–H groups in total. The molecule has 110 valence electrons. The highest BCUT2D eigenvalue weighted by molar-refractivity contribution is 7.89. The lowest BCUT2D eigenvalue weighted by atomic mass is 9.96. The second-order valence-corrected chi connectivity index (χ2v) is 7.41. The van der Waals surface area contributed by atoms with Gasteiger partial charge in [-0.25, -0.2) is 17.5 Å². The molecule has 2 aliphatic carbocycles. The molecule has 0 aliphatic heterocycles. The summed E-state index contributed by atoms with van der Waals surface area (Å²) in [5.41, 5.74) is 0. The summed E-state index contributed by atoms with van der Waals surface area (Å²) in [4.78, 5) is -0.0430. The average molecular weight is 299 g/mol. The SMILES string of the molecule is COc1ccc(S(=O)(=O)N[C@@H]2C[C@H]3CC[C@H]2C3)cc1F. The van der Waals surface area contributed by atoms with Crippen LogP contribution in [-0.4, -0.2) is 21.6 Å². The Morgan fingerprint density at radius 2 is 2.10 bits per heavy atom. The maximum absolute atomic E-state index is 13.6. The molecule has 0 aromatic heterocycles. The molecule has 2 fully saturated rings. The van der Waals surface area contributed by atoms with E-state index in [1.165, 1.54) is 25.7 Å². The number of methoxy groups -OCH3 is 1. The topological polar surface area (TPSA) is 55.4 Å². The third-order valence-electron chi connectivity index (χ3n) is 4.48. The van der Waals surface area contributed by atoms with Gasteiger partial charge < -0.3 is 4.74 Å². The third kappa shape index (κ3) is 2.42. The molecule has 20 heavy (non-hydrogen) atoms. The summed E-state index contributed by atoms with van der Waals surface area (Å²) >= 11 is 0. The first-order chi connectivity index (χ1) is 9.49. The van der Waals surface area contributed by atoms with Gasteiger partial charge in [0.1, 0.15) is 0 Å². The van der Waals surface area contributed by atoms with Crippen LogP contribution in [0.5, 0.6) is 5.75 Å². The van der Waals surface area contributed by atoms with Crippen molar-refractivity contribution >= 4 is 10.0 Å². The summed E-state index contributed by atoms with van der Waals surface area (Å²) in [5.74, 6) is 0.477. The lowest BCUT2D eigenvalue weighted by Crippen LogP contribution is -2.38. The number of sulfonamides is 1. The van der Waals surface area contributed by atoms with Crippen molar-refractivity contribution in [3.63, 3.8) is 0 Å². The van der Waals surface area contributed by atoms with E-state index < -0.39 is 15.8 Å². The lowest BCUT2D eigenvalue weighted by molar-refractivity contribution is 0.384. The summed E-state index contributed by atoms with van der Waals surface area (Å²) in [5, 5.41) is 0. The van der Waals surface area contributed by atoms with Gasteiger partial charge in [0.25, 0.3) is 0 Å². The van der Waals surface area contributed by atoms with Gasteiger partial charge >= 0.3 is 0 Å². The first-order valence-corrected chi connectivity index (χ1v) is 8.34. The monoisotopic (exact) mass is 299 g/mol. The van der Waals surface area contributed by atoms with E-state index in [1.54, 1.807) is 0 Å². The van der Waals surface area contributed by atoms with Crippen molar-refractivity contribution in [3.8, 4) is 5.75 Å². The highest BCUT2D eigenvalue weighted by Crippen LogP contribution is 2.44. The molecule has 0 spiro atoms. The maximum Gasteiger partial charge on any atom is 0.240 e. The van der Waals surface area contributed by atoms with Crippen molar-refractivity contribution in [3.05, 3.63) is 24.0 Å². The number of fused-ring (bicyclic) bond motifs is 2. The van der Waals surface area contributed by atoms with Gasteiger partial charge in [0, 0.05) is 6.04 Å². The van der Waals surface area contributed by atoms with Gasteiger partial charge in [-0.15, -0.1) is 0 Å². The van der Waals surface area contributed by atoms with Crippen molar-refractivity contribution in [1.29, 1.82) is 0 Å². The zero-order chi connectivity index (χ0) is 14.3. The molecular weight excluding hydrogens is 281 g/mol. The van der Waals surface area contributed by atoms with E-state index >= 15 is 0 Å². The summed E-state index contributed by atoms with van der Waals surface area (Å²) in [6.45, 7) is 0. The molecule has 6 heteroatoms. The Hall–Kier alpha value is -1.14. The molecule has 1 aromatic carbocycles. The predicted octanol–water partition coefficient (Wildman–Crippen LogP) is 2.30. The summed E-state index contributed by atoms with van der Waals surface area (Å²) < 4.78 is 45.8. The quantitative estimate of drug-likeness (QED) is 0.928. The highest BCUT2D eigenvalue weighted by Gasteiger charge is 2.41. The largest absolute Gasteiger partial charge is 0.494 e. The minimum Gasteiger partial charge on any atom is -0.494 e. The predicted molar refractivity (Wildman–Crippen MR) is 72.5 cm³/mol. The number of nitrogens with one attached hydrogen (secondary N) is 1. The maximum atomic E-state index is 13.6. The number of benzene rings is 1. The molecular formula is C14H18FNO3S. The minimum atomic E-state index is -3.66. The van der Waals surface area contributed by atoms with Crippen LogP contribution in [0, 0.1) is 17.7 Å². The number of ether oxygens (including phenoxy) is 1. The van der Waals surface area contributed by atoms with Crippen molar-refractivity contribution in [1.82, 2.24) is 4.72 Å². The Morgan fingerprint density at radius 3 is 2.65 bits per heavy atom. The molecule has 0 unspecified atom stereocenters. The molecule has 3 rings (SSSR count). The average Bonchev–Trinajstić information content (AvgIpc) is 3.00. The number of halogens is 1. The fourth-order valence-corrected chi connectivity index (χ4v) is 4.80. The van der Waals surface area contributed by atoms with Crippen molar-refractivity contribution in [2.24, 2.45) is 11.8 Å². The highest BCUT2D eigenvalue weighted by atomic mass is 32.2. The molecule has 0 radical (unpaired) electrons. The Morgan fingerprint density at radius 1 is 1.30 bits per heavy atom. The van der Waals surface area contributed by atoms with Gasteiger partial charge in [-0.05, 0) is 49.3 Å². The Balaban J connectivity index is 1.79. The van der Waals surface area contributed by atoms with Crippen LogP contribution in [0.2, 0.25) is 0 Å². The van der Waals surface area contributed by atoms with Gasteiger partial charge in [-0.3, -0.25) is 0 Å². The van der Waals surface area contributed by atoms with Gasteiger partial charge in [0.05, 0.1) is 12.0 Å². The Labute approximate surface area is 118 Å². The zero-order valence-corrected chi connectivity index (χ0v) is 12.1. The minimum absolute atomic E-state index is 0.00362. The van der Waals surface area contributed by atoms with Gasteiger partial charge in [-0.2, -0.15) is 0 Å². The molecule has 2 saturated carbocycles. The van der Waals surface area contributed by atoms with Crippen LogP contribution >= 0.6 is 0 Å². The molecule has 3 atom stereocenters. The Bertz CT molecular complexity index is 617. The standard InChI is InChI=1S/C14H18FNO3S/c1-19-14-5-4-11(8-12(14)15)20(17,18)16-13-7-9-2-3-10(13)6-9/h4-5,8-10,13,16H,2-3,6-7H2,1H3/t9-,10-,13+/m0/s1. The van der Waals surface area contributed by atoms with E-state index in [1.807, 2.05) is 0 Å². The van der Waals surface area contributed by atoms with Crippen LogP contribution in [0.4, 0.5) is 4.39 Å². The molecule has 0 heterocycles. The van der Waals surface area contributed by atoms with Gasteiger partial charge in [0.2, 0.25) is 10.0 Å². The molecule has 2 aliphatic rings. The normalized spacial score (nSPS) is 28.8. The van der Waals surface area contributed by atoms with Crippen LogP contribution in [0.25, 0.3) is 0 Å². The van der Waals surface area contributed by atoms with Crippen molar-refractivity contribution in [2.75, 3.05) is 7.11 Å². The van der Waals surface area contributed by atoms with Crippen LogP contribution in [0.15, 0.2) is 23.1 Å². The fourth-order valence-electron chi connectivity index (χ4n) is 3.47. The summed E-state index contributed by atoms with van der Waals surface area (Å²) in [7, 11) is -2.31. The molecule has 0 amide bonds. The molecule has 1 aromatic rings. The summed E-state index contributed by atoms with van der Waals surface area (Å²) in [6.07, 6.45) is 4.32. The number of hydrogen-bond donors (Lipinski definition) is 1. The summed E-state index contributed by atoms with van der Waals surface area (Å²) in [6, 6.07) is 3.72. The second kappa shape index (κ2) is 5.00. The zero-order valence-electron chi connectivity index (χ0n) is 11.3. The van der Waals surface area contributed by atoms with E-state index in [0.29, 0.717) is 11.8 Å². The van der Waals surface area contributed by atoms with Crippen LogP contribution in [0.1, 0.15) is 25.7 Å². The number of hydrogen-bond acceptors (Lipinski definition) is 3. The van der Waals surface area contributed by atoms with E-state index in [2.05, 4.69) is 4.72 Å². The van der Waals surface area contributed by atoms with E-state index in [-0.39, 0.29) is 16.7 Å². The smallest absolute Gasteiger partial charge is 0.240 e.